The number of carbonyl (C=O) groups is 1. The Bertz CT molecular complexity index is 488. The van der Waals surface area contributed by atoms with E-state index in [4.69, 9.17) is 0 Å². The molecule has 1 aromatic heterocycles. The average molecular weight is 264 g/mol. The number of rotatable bonds is 4. The number of aryl methyl sites for hydroxylation is 2. The highest BCUT2D eigenvalue weighted by atomic mass is 16.4. The van der Waals surface area contributed by atoms with Crippen molar-refractivity contribution in [2.24, 2.45) is 5.92 Å². The van der Waals surface area contributed by atoms with Crippen LogP contribution in [0.15, 0.2) is 6.07 Å². The zero-order chi connectivity index (χ0) is 14.0. The summed E-state index contributed by atoms with van der Waals surface area (Å²) in [5.41, 5.74) is 1.73. The fraction of sp³-hybridized carbons (Fsp3) is 0.571. The molecule has 2 rings (SSSR count). The Morgan fingerprint density at radius 3 is 2.84 bits per heavy atom. The van der Waals surface area contributed by atoms with E-state index < -0.39 is 5.97 Å². The van der Waals surface area contributed by atoms with E-state index >= 15 is 0 Å². The Morgan fingerprint density at radius 1 is 1.47 bits per heavy atom. The lowest BCUT2D eigenvalue weighted by Gasteiger charge is -2.21. The molecule has 104 valence electrons. The maximum atomic E-state index is 11.3. The second-order valence-electron chi connectivity index (χ2n) is 5.23. The zero-order valence-corrected chi connectivity index (χ0v) is 11.3. The second kappa shape index (κ2) is 5.57. The normalized spacial score (nSPS) is 22.5. The smallest absolute Gasteiger partial charge is 0.339 e. The Balaban J connectivity index is 2.31. The summed E-state index contributed by atoms with van der Waals surface area (Å²) >= 11 is 0. The molecule has 1 aliphatic rings. The van der Waals surface area contributed by atoms with Gasteiger partial charge in [-0.1, -0.05) is 6.42 Å². The Kier molecular flexibility index (Phi) is 4.04. The van der Waals surface area contributed by atoms with Crippen LogP contribution in [0.5, 0.6) is 0 Å². The van der Waals surface area contributed by atoms with Gasteiger partial charge in [0.1, 0.15) is 11.4 Å². The van der Waals surface area contributed by atoms with Crippen molar-refractivity contribution >= 4 is 11.8 Å². The van der Waals surface area contributed by atoms with E-state index in [-0.39, 0.29) is 24.1 Å². The first-order chi connectivity index (χ1) is 9.02. The van der Waals surface area contributed by atoms with Gasteiger partial charge in [0.2, 0.25) is 0 Å². The molecule has 2 atom stereocenters. The lowest BCUT2D eigenvalue weighted by atomic mass is 10.0. The van der Waals surface area contributed by atoms with Gasteiger partial charge in [-0.15, -0.1) is 0 Å². The number of pyridine rings is 1. The van der Waals surface area contributed by atoms with Crippen molar-refractivity contribution in [3.8, 4) is 0 Å². The van der Waals surface area contributed by atoms with Gasteiger partial charge in [-0.05, 0) is 38.3 Å². The number of carboxylic acid groups (broad SMARTS) is 1. The summed E-state index contributed by atoms with van der Waals surface area (Å²) < 4.78 is 0. The fourth-order valence-corrected chi connectivity index (χ4v) is 2.83. The van der Waals surface area contributed by atoms with Crippen LogP contribution in [-0.2, 0) is 0 Å². The minimum Gasteiger partial charge on any atom is -0.478 e. The van der Waals surface area contributed by atoms with Crippen LogP contribution in [0.25, 0.3) is 0 Å². The van der Waals surface area contributed by atoms with E-state index in [1.807, 2.05) is 6.92 Å². The molecule has 0 aliphatic heterocycles. The number of aromatic nitrogens is 1. The van der Waals surface area contributed by atoms with Gasteiger partial charge in [-0.25, -0.2) is 9.78 Å². The van der Waals surface area contributed by atoms with E-state index in [2.05, 4.69) is 10.3 Å². The summed E-state index contributed by atoms with van der Waals surface area (Å²) in [5, 5.41) is 21.9. The molecule has 1 aliphatic carbocycles. The molecular formula is C14H20N2O3. The van der Waals surface area contributed by atoms with Crippen LogP contribution in [0.3, 0.4) is 0 Å². The Hall–Kier alpha value is -1.62. The van der Waals surface area contributed by atoms with Gasteiger partial charge in [-0.2, -0.15) is 0 Å². The largest absolute Gasteiger partial charge is 0.478 e. The molecule has 0 spiro atoms. The van der Waals surface area contributed by atoms with E-state index in [0.717, 1.165) is 25.0 Å². The molecule has 3 N–H and O–H groups in total. The number of aliphatic hydroxyl groups is 1. The summed E-state index contributed by atoms with van der Waals surface area (Å²) in [6, 6.07) is 1.88. The third-order valence-corrected chi connectivity index (χ3v) is 3.77. The average Bonchev–Trinajstić information content (AvgIpc) is 2.74. The van der Waals surface area contributed by atoms with Gasteiger partial charge < -0.3 is 15.5 Å². The number of nitrogens with zero attached hydrogens (tertiary/aromatic N) is 1. The van der Waals surface area contributed by atoms with Crippen LogP contribution in [-0.4, -0.2) is 33.8 Å². The van der Waals surface area contributed by atoms with Crippen LogP contribution in [0.2, 0.25) is 0 Å². The van der Waals surface area contributed by atoms with Gasteiger partial charge in [-0.3, -0.25) is 0 Å². The monoisotopic (exact) mass is 264 g/mol. The topological polar surface area (TPSA) is 82.5 Å². The first kappa shape index (κ1) is 13.8. The van der Waals surface area contributed by atoms with E-state index in [9.17, 15) is 15.0 Å². The van der Waals surface area contributed by atoms with Crippen molar-refractivity contribution in [3.05, 3.63) is 22.9 Å². The van der Waals surface area contributed by atoms with Crippen LogP contribution in [0, 0.1) is 19.8 Å². The molecule has 5 heteroatoms. The third-order valence-electron chi connectivity index (χ3n) is 3.77. The molecule has 1 fully saturated rings. The van der Waals surface area contributed by atoms with Crippen molar-refractivity contribution < 1.29 is 15.0 Å². The van der Waals surface area contributed by atoms with Gasteiger partial charge in [0.25, 0.3) is 0 Å². The first-order valence-corrected chi connectivity index (χ1v) is 6.62. The minimum atomic E-state index is -0.967. The summed E-state index contributed by atoms with van der Waals surface area (Å²) in [6.07, 6.45) is 2.97. The molecule has 0 amide bonds. The molecule has 1 saturated carbocycles. The number of aliphatic hydroxyl groups excluding tert-OH is 1. The summed E-state index contributed by atoms with van der Waals surface area (Å²) in [7, 11) is 0. The third kappa shape index (κ3) is 2.87. The van der Waals surface area contributed by atoms with Gasteiger partial charge in [0.05, 0.1) is 0 Å². The zero-order valence-electron chi connectivity index (χ0n) is 11.3. The Morgan fingerprint density at radius 2 is 2.21 bits per heavy atom. The number of carboxylic acids is 1. The SMILES string of the molecule is Cc1cc(C)c(C(=O)O)c(NC2CCCC2CO)n1. The van der Waals surface area contributed by atoms with Gasteiger partial charge in [0.15, 0.2) is 0 Å². The molecule has 0 radical (unpaired) electrons. The van der Waals surface area contributed by atoms with E-state index in [1.54, 1.807) is 13.0 Å². The number of hydrogen-bond acceptors (Lipinski definition) is 4. The summed E-state index contributed by atoms with van der Waals surface area (Å²) in [5.74, 6) is -0.356. The van der Waals surface area contributed by atoms with Crippen molar-refractivity contribution in [2.45, 2.75) is 39.2 Å². The van der Waals surface area contributed by atoms with Crippen LogP contribution in [0.1, 0.15) is 40.9 Å². The molecular weight excluding hydrogens is 244 g/mol. The lowest BCUT2D eigenvalue weighted by molar-refractivity contribution is 0.0696. The predicted molar refractivity (Wildman–Crippen MR) is 72.5 cm³/mol. The van der Waals surface area contributed by atoms with Gasteiger partial charge >= 0.3 is 5.97 Å². The summed E-state index contributed by atoms with van der Waals surface area (Å²) in [4.78, 5) is 15.7. The predicted octanol–water partition coefficient (Wildman–Crippen LogP) is 1.97. The van der Waals surface area contributed by atoms with Crippen LogP contribution < -0.4 is 5.32 Å². The van der Waals surface area contributed by atoms with Crippen molar-refractivity contribution in [1.82, 2.24) is 4.98 Å². The van der Waals surface area contributed by atoms with E-state index in [1.165, 1.54) is 0 Å². The number of nitrogens with one attached hydrogen (secondary N) is 1. The molecule has 1 aromatic rings. The maximum Gasteiger partial charge on any atom is 0.339 e. The molecule has 5 nitrogen and oxygen atoms in total. The molecule has 0 saturated heterocycles. The van der Waals surface area contributed by atoms with Gasteiger partial charge in [0, 0.05) is 24.3 Å². The first-order valence-electron chi connectivity index (χ1n) is 6.62. The summed E-state index contributed by atoms with van der Waals surface area (Å²) in [6.45, 7) is 3.76. The molecule has 1 heterocycles. The van der Waals surface area contributed by atoms with Crippen molar-refractivity contribution in [2.75, 3.05) is 11.9 Å². The fourth-order valence-electron chi connectivity index (χ4n) is 2.83. The number of hydrogen-bond donors (Lipinski definition) is 3. The molecule has 19 heavy (non-hydrogen) atoms. The molecule has 2 unspecified atom stereocenters. The molecule has 0 aromatic carbocycles. The second-order valence-corrected chi connectivity index (χ2v) is 5.23. The lowest BCUT2D eigenvalue weighted by Crippen LogP contribution is -2.28. The standard InChI is InChI=1S/C14H20N2O3/c1-8-6-9(2)15-13(12(8)14(18)19)16-11-5-3-4-10(11)7-17/h6,10-11,17H,3-5,7H2,1-2H3,(H,15,16)(H,18,19). The van der Waals surface area contributed by atoms with Crippen LogP contribution in [0.4, 0.5) is 5.82 Å². The van der Waals surface area contributed by atoms with Crippen LogP contribution >= 0.6 is 0 Å². The van der Waals surface area contributed by atoms with Crippen molar-refractivity contribution in [1.29, 1.82) is 0 Å². The number of aromatic carboxylic acids is 1. The highest BCUT2D eigenvalue weighted by Crippen LogP contribution is 2.29. The highest BCUT2D eigenvalue weighted by Gasteiger charge is 2.28. The van der Waals surface area contributed by atoms with Crippen molar-refractivity contribution in [3.63, 3.8) is 0 Å². The molecule has 0 bridgehead atoms. The van der Waals surface area contributed by atoms with E-state index in [0.29, 0.717) is 11.4 Å². The maximum absolute atomic E-state index is 11.3. The quantitative estimate of drug-likeness (QED) is 0.774. The Labute approximate surface area is 112 Å². The number of anilines is 1. The minimum absolute atomic E-state index is 0.108. The highest BCUT2D eigenvalue weighted by molar-refractivity contribution is 5.94.